The van der Waals surface area contributed by atoms with Gasteiger partial charge in [-0.2, -0.15) is 0 Å². The highest BCUT2D eigenvalue weighted by molar-refractivity contribution is 4.98. The van der Waals surface area contributed by atoms with E-state index in [1.807, 2.05) is 0 Å². The maximum Gasteiger partial charge on any atom is 0.163 e. The van der Waals surface area contributed by atoms with Gasteiger partial charge in [0.15, 0.2) is 25.2 Å². The zero-order chi connectivity index (χ0) is 44.4. The first-order valence-electron chi connectivity index (χ1n) is 24.6. The molecule has 0 aromatic rings. The molecule has 0 bridgehead atoms. The van der Waals surface area contributed by atoms with E-state index < -0.39 is 0 Å². The summed E-state index contributed by atoms with van der Waals surface area (Å²) in [6, 6.07) is 0. The van der Waals surface area contributed by atoms with Crippen LogP contribution in [-0.4, -0.2) is 98.4 Å². The lowest BCUT2D eigenvalue weighted by atomic mass is 9.69. The van der Waals surface area contributed by atoms with Crippen LogP contribution in [0.1, 0.15) is 138 Å². The van der Waals surface area contributed by atoms with Crippen molar-refractivity contribution in [2.24, 2.45) is 82.9 Å². The van der Waals surface area contributed by atoms with Gasteiger partial charge in [-0.05, 0) is 84.0 Å². The fourth-order valence-corrected chi connectivity index (χ4v) is 12.2. The van der Waals surface area contributed by atoms with Gasteiger partial charge >= 0.3 is 0 Å². The lowest BCUT2D eigenvalue weighted by Crippen LogP contribution is -2.61. The second kappa shape index (κ2) is 19.6. The minimum Gasteiger partial charge on any atom is -0.374 e. The maximum absolute atomic E-state index is 7.16. The van der Waals surface area contributed by atoms with Gasteiger partial charge in [-0.25, -0.2) is 0 Å². The molecular formula is C50H90O10. The molecule has 0 aromatic carbocycles. The first-order chi connectivity index (χ1) is 28.0. The summed E-state index contributed by atoms with van der Waals surface area (Å²) in [7, 11) is 0. The molecule has 0 aromatic heterocycles. The van der Waals surface area contributed by atoms with Gasteiger partial charge in [0.2, 0.25) is 0 Å². The fraction of sp³-hybridized carbons (Fsp3) is 1.00. The molecule has 30 atom stereocenters. The van der Waals surface area contributed by atoms with Crippen LogP contribution in [0.5, 0.6) is 0 Å². The second-order valence-corrected chi connectivity index (χ2v) is 21.8. The Balaban J connectivity index is 1.10. The molecule has 6 aliphatic rings. The van der Waals surface area contributed by atoms with Gasteiger partial charge in [-0.3, -0.25) is 0 Å². The molecular weight excluding hydrogens is 761 g/mol. The van der Waals surface area contributed by atoms with E-state index in [4.69, 9.17) is 47.4 Å². The van der Waals surface area contributed by atoms with Crippen molar-refractivity contribution >= 4 is 0 Å². The molecule has 0 aliphatic carbocycles. The Kier molecular flexibility index (Phi) is 16.0. The van der Waals surface area contributed by atoms with Crippen molar-refractivity contribution in [3.05, 3.63) is 0 Å². The van der Waals surface area contributed by atoms with E-state index >= 15 is 0 Å². The van der Waals surface area contributed by atoms with Crippen LogP contribution in [0.4, 0.5) is 0 Å². The van der Waals surface area contributed by atoms with Crippen LogP contribution < -0.4 is 0 Å². The first-order valence-corrected chi connectivity index (χ1v) is 24.6. The number of hydrogen-bond acceptors (Lipinski definition) is 10. The average molecular weight is 851 g/mol. The highest BCUT2D eigenvalue weighted by Crippen LogP contribution is 2.48. The summed E-state index contributed by atoms with van der Waals surface area (Å²) < 4.78 is 68.0. The predicted octanol–water partition coefficient (Wildman–Crippen LogP) is 9.99. The Morgan fingerprint density at radius 3 is 1.10 bits per heavy atom. The summed E-state index contributed by atoms with van der Waals surface area (Å²) in [6.07, 6.45) is -1.42. The van der Waals surface area contributed by atoms with Gasteiger partial charge in [-0.15, -0.1) is 0 Å². The van der Waals surface area contributed by atoms with Crippen molar-refractivity contribution in [3.63, 3.8) is 0 Å². The molecule has 60 heavy (non-hydrogen) atoms. The third kappa shape index (κ3) is 9.47. The average Bonchev–Trinajstić information content (AvgIpc) is 3.19. The molecule has 0 amide bonds. The first kappa shape index (κ1) is 49.0. The second-order valence-electron chi connectivity index (χ2n) is 21.8. The van der Waals surface area contributed by atoms with Gasteiger partial charge in [0.25, 0.3) is 0 Å². The summed E-state index contributed by atoms with van der Waals surface area (Å²) in [4.78, 5) is 0. The quantitative estimate of drug-likeness (QED) is 0.223. The SMILES string of the molecule is CC1C(C)[C@H](C)C(C)O[C@H]1O[C@@H]1C(C)O[C@@H](OC2C(C)[C@@H]([C@@H]3C(C)O[C@@H](OC4C(C)[C@H](O[C@@H]5C(C)O[C@@H](C)C(C)C5C)OC(C)[C@H]4C)C(C)C3C)OC(C)[C@H]2C)C(C)C1C. The van der Waals surface area contributed by atoms with E-state index in [2.05, 4.69) is 138 Å². The van der Waals surface area contributed by atoms with Crippen molar-refractivity contribution in [1.29, 1.82) is 0 Å². The molecule has 10 heteroatoms. The molecule has 0 saturated carbocycles. The minimum atomic E-state index is -0.384. The smallest absolute Gasteiger partial charge is 0.163 e. The van der Waals surface area contributed by atoms with E-state index in [1.165, 1.54) is 0 Å². The van der Waals surface area contributed by atoms with Crippen LogP contribution in [0.2, 0.25) is 0 Å². The van der Waals surface area contributed by atoms with Crippen molar-refractivity contribution in [2.45, 2.75) is 237 Å². The highest BCUT2D eigenvalue weighted by Gasteiger charge is 2.54. The van der Waals surface area contributed by atoms with Crippen molar-refractivity contribution in [3.8, 4) is 0 Å². The third-order valence-electron chi connectivity index (χ3n) is 18.3. The lowest BCUT2D eigenvalue weighted by Gasteiger charge is -2.54. The Morgan fingerprint density at radius 1 is 0.217 bits per heavy atom. The van der Waals surface area contributed by atoms with E-state index in [1.54, 1.807) is 0 Å². The van der Waals surface area contributed by atoms with Crippen molar-refractivity contribution in [2.75, 3.05) is 0 Å². The normalized spacial score (nSPS) is 58.2. The molecule has 0 spiro atoms. The monoisotopic (exact) mass is 851 g/mol. The molecule has 6 saturated heterocycles. The summed E-state index contributed by atoms with van der Waals surface area (Å²) in [5.41, 5.74) is 0. The van der Waals surface area contributed by atoms with Crippen molar-refractivity contribution in [1.82, 2.24) is 0 Å². The Morgan fingerprint density at radius 2 is 0.550 bits per heavy atom. The Bertz CT molecular complexity index is 1370. The Hall–Kier alpha value is -0.400. The number of ether oxygens (including phenoxy) is 10. The van der Waals surface area contributed by atoms with E-state index in [-0.39, 0.29) is 152 Å². The van der Waals surface area contributed by atoms with Crippen LogP contribution in [0.25, 0.3) is 0 Å². The third-order valence-corrected chi connectivity index (χ3v) is 18.3. The van der Waals surface area contributed by atoms with E-state index in [9.17, 15) is 0 Å². The van der Waals surface area contributed by atoms with E-state index in [0.717, 1.165) is 0 Å². The zero-order valence-corrected chi connectivity index (χ0v) is 41.4. The van der Waals surface area contributed by atoms with Gasteiger partial charge in [0.05, 0.1) is 73.2 Å². The van der Waals surface area contributed by atoms with Crippen LogP contribution >= 0.6 is 0 Å². The summed E-state index contributed by atoms with van der Waals surface area (Å²) in [5.74, 6) is 3.58. The van der Waals surface area contributed by atoms with Crippen LogP contribution in [0.3, 0.4) is 0 Å². The molecule has 0 N–H and O–H groups in total. The van der Waals surface area contributed by atoms with Gasteiger partial charge in [-0.1, -0.05) is 90.0 Å². The lowest BCUT2D eigenvalue weighted by molar-refractivity contribution is -0.347. The summed E-state index contributed by atoms with van der Waals surface area (Å²) >= 11 is 0. The van der Waals surface area contributed by atoms with Crippen LogP contribution in [0.15, 0.2) is 0 Å². The molecule has 6 aliphatic heterocycles. The largest absolute Gasteiger partial charge is 0.374 e. The molecule has 6 fully saturated rings. The van der Waals surface area contributed by atoms with E-state index in [0.29, 0.717) is 29.6 Å². The molecule has 350 valence electrons. The van der Waals surface area contributed by atoms with Gasteiger partial charge in [0, 0.05) is 47.3 Å². The minimum absolute atomic E-state index is 0.00280. The Labute approximate surface area is 366 Å². The highest BCUT2D eigenvalue weighted by atomic mass is 16.7. The number of rotatable bonds is 9. The summed E-state index contributed by atoms with van der Waals surface area (Å²) in [5, 5.41) is 0. The number of hydrogen-bond donors (Lipinski definition) is 0. The maximum atomic E-state index is 7.16. The molecule has 6 rings (SSSR count). The zero-order valence-electron chi connectivity index (χ0n) is 41.4. The molecule has 6 heterocycles. The standard InChI is InChI=1S/C50H90O10/c1-21-22(2)35(15)53-47(27(21)7)59-45-26(6)29(9)49(56-40(45)20)57-42-30(10)36(16)52-46(32(42)12)41-24(4)28(8)48(55-38(41)18)58-43-31(11)37(17)54-50(33(43)13)60-44-25(5)23(3)34(14)51-39(44)19/h21-50H,1-20H3/t21?,22-,23?,24?,25?,26?,27?,28?,29?,30+,31+,32?,33?,34-,35?,36?,37?,38?,39?,40?,41-,42?,43?,44-,45-,46-,47-,48-,49-,50-/m0/s1. The van der Waals surface area contributed by atoms with Gasteiger partial charge in [0.1, 0.15) is 0 Å². The van der Waals surface area contributed by atoms with Crippen molar-refractivity contribution < 1.29 is 47.4 Å². The van der Waals surface area contributed by atoms with Crippen LogP contribution in [-0.2, 0) is 47.4 Å². The van der Waals surface area contributed by atoms with Crippen LogP contribution in [0, 0.1) is 82.9 Å². The fourth-order valence-electron chi connectivity index (χ4n) is 12.2. The molecule has 0 radical (unpaired) electrons. The predicted molar refractivity (Wildman–Crippen MR) is 234 cm³/mol. The summed E-state index contributed by atoms with van der Waals surface area (Å²) in [6.45, 7) is 44.9. The topological polar surface area (TPSA) is 92.3 Å². The molecule has 18 unspecified atom stereocenters. The molecule has 10 nitrogen and oxygen atoms in total. The van der Waals surface area contributed by atoms with Gasteiger partial charge < -0.3 is 47.4 Å².